The van der Waals surface area contributed by atoms with E-state index >= 15 is 0 Å². The third-order valence-electron chi connectivity index (χ3n) is 3.27. The number of rotatable bonds is 7. The Morgan fingerprint density at radius 2 is 2.04 bits per heavy atom. The van der Waals surface area contributed by atoms with Gasteiger partial charge in [-0.3, -0.25) is 5.43 Å². The summed E-state index contributed by atoms with van der Waals surface area (Å²) >= 11 is 5.05. The lowest BCUT2D eigenvalue weighted by molar-refractivity contribution is 0.279. The average Bonchev–Trinajstić information content (AvgIpc) is 2.61. The van der Waals surface area contributed by atoms with Gasteiger partial charge in [0.15, 0.2) is 16.6 Å². The maximum Gasteiger partial charge on any atom is 0.186 e. The second kappa shape index (κ2) is 9.58. The van der Waals surface area contributed by atoms with Gasteiger partial charge in [-0.15, -0.1) is 0 Å². The molecule has 0 saturated carbocycles. The minimum atomic E-state index is -0.315. The van der Waals surface area contributed by atoms with Crippen LogP contribution in [0.2, 0.25) is 0 Å². The van der Waals surface area contributed by atoms with Crippen LogP contribution in [0.25, 0.3) is 0 Å². The molecule has 2 N–H and O–H groups in total. The molecule has 25 heavy (non-hydrogen) atoms. The Balaban J connectivity index is 2.16. The lowest BCUT2D eigenvalue weighted by Crippen LogP contribution is -2.31. The summed E-state index contributed by atoms with van der Waals surface area (Å²) in [6.07, 6.45) is 1.57. The molecule has 0 aliphatic carbocycles. The first kappa shape index (κ1) is 18.7. The molecule has 0 radical (unpaired) electrons. The van der Waals surface area contributed by atoms with E-state index in [1.54, 1.807) is 37.6 Å². The largest absolute Gasteiger partial charge is 0.493 e. The highest BCUT2D eigenvalue weighted by atomic mass is 32.1. The van der Waals surface area contributed by atoms with Gasteiger partial charge in [0.25, 0.3) is 0 Å². The van der Waals surface area contributed by atoms with Crippen LogP contribution in [-0.2, 0) is 6.61 Å². The Morgan fingerprint density at radius 3 is 2.76 bits per heavy atom. The van der Waals surface area contributed by atoms with Crippen molar-refractivity contribution in [2.45, 2.75) is 13.5 Å². The van der Waals surface area contributed by atoms with Crippen LogP contribution in [0.1, 0.15) is 18.1 Å². The fraction of sp³-hybridized carbons (Fsp3) is 0.222. The first-order valence-electron chi connectivity index (χ1n) is 7.75. The van der Waals surface area contributed by atoms with E-state index in [0.717, 1.165) is 0 Å². The molecule has 0 heterocycles. The van der Waals surface area contributed by atoms with Gasteiger partial charge in [-0.25, -0.2) is 4.39 Å². The van der Waals surface area contributed by atoms with E-state index in [1.165, 1.54) is 6.07 Å². The molecule has 0 atom stereocenters. The quantitative estimate of drug-likeness (QED) is 0.450. The van der Waals surface area contributed by atoms with E-state index < -0.39 is 0 Å². The number of methoxy groups -OCH3 is 1. The predicted octanol–water partition coefficient (Wildman–Crippen LogP) is 3.23. The van der Waals surface area contributed by atoms with Crippen LogP contribution in [0.5, 0.6) is 11.5 Å². The molecule has 2 rings (SSSR count). The highest BCUT2D eigenvalue weighted by Gasteiger charge is 2.11. The Hall–Kier alpha value is -2.67. The van der Waals surface area contributed by atoms with Gasteiger partial charge < -0.3 is 14.8 Å². The lowest BCUT2D eigenvalue weighted by atomic mass is 10.2. The maximum absolute atomic E-state index is 13.8. The van der Waals surface area contributed by atoms with Gasteiger partial charge in [-0.05, 0) is 37.3 Å². The fourth-order valence-electron chi connectivity index (χ4n) is 2.08. The van der Waals surface area contributed by atoms with Crippen molar-refractivity contribution < 1.29 is 13.9 Å². The highest BCUT2D eigenvalue weighted by molar-refractivity contribution is 7.80. The highest BCUT2D eigenvalue weighted by Crippen LogP contribution is 2.31. The summed E-state index contributed by atoms with van der Waals surface area (Å²) in [4.78, 5) is 0. The summed E-state index contributed by atoms with van der Waals surface area (Å²) in [5, 5.41) is 7.44. The van der Waals surface area contributed by atoms with Crippen molar-refractivity contribution in [3.8, 4) is 11.5 Å². The summed E-state index contributed by atoms with van der Waals surface area (Å²) in [5.41, 5.74) is 3.86. The van der Waals surface area contributed by atoms with Gasteiger partial charge in [-0.2, -0.15) is 5.10 Å². The summed E-state index contributed by atoms with van der Waals surface area (Å²) in [6.45, 7) is 2.73. The first-order chi connectivity index (χ1) is 12.2. The summed E-state index contributed by atoms with van der Waals surface area (Å²) in [7, 11) is 1.55. The zero-order chi connectivity index (χ0) is 18.1. The molecule has 2 aromatic rings. The van der Waals surface area contributed by atoms with Crippen LogP contribution < -0.4 is 20.2 Å². The van der Waals surface area contributed by atoms with Crippen LogP contribution in [0.4, 0.5) is 4.39 Å². The number of benzene rings is 2. The Morgan fingerprint density at radius 1 is 1.24 bits per heavy atom. The van der Waals surface area contributed by atoms with Gasteiger partial charge in [0.05, 0.1) is 13.3 Å². The van der Waals surface area contributed by atoms with Crippen molar-refractivity contribution in [1.29, 1.82) is 0 Å². The van der Waals surface area contributed by atoms with Gasteiger partial charge in [0.2, 0.25) is 0 Å². The van der Waals surface area contributed by atoms with Gasteiger partial charge in [0, 0.05) is 17.7 Å². The minimum Gasteiger partial charge on any atom is -0.493 e. The molecule has 0 aliphatic heterocycles. The van der Waals surface area contributed by atoms with Crippen molar-refractivity contribution in [3.05, 3.63) is 59.4 Å². The van der Waals surface area contributed by atoms with E-state index in [1.807, 2.05) is 19.1 Å². The fourth-order valence-corrected chi connectivity index (χ4v) is 2.27. The summed E-state index contributed by atoms with van der Waals surface area (Å²) in [5.74, 6) is 0.702. The van der Waals surface area contributed by atoms with E-state index in [4.69, 9.17) is 21.7 Å². The molecular formula is C18H20FN3O2S. The number of nitrogens with one attached hydrogen (secondary N) is 2. The van der Waals surface area contributed by atoms with Gasteiger partial charge >= 0.3 is 0 Å². The third-order valence-corrected chi connectivity index (χ3v) is 3.50. The van der Waals surface area contributed by atoms with E-state index in [-0.39, 0.29) is 12.4 Å². The van der Waals surface area contributed by atoms with Crippen molar-refractivity contribution in [3.63, 3.8) is 0 Å². The van der Waals surface area contributed by atoms with Crippen molar-refractivity contribution in [2.75, 3.05) is 13.7 Å². The van der Waals surface area contributed by atoms with Crippen LogP contribution in [0.15, 0.2) is 47.6 Å². The van der Waals surface area contributed by atoms with Crippen molar-refractivity contribution in [1.82, 2.24) is 10.7 Å². The predicted molar refractivity (Wildman–Crippen MR) is 101 cm³/mol. The van der Waals surface area contributed by atoms with Crippen LogP contribution in [-0.4, -0.2) is 25.0 Å². The molecule has 0 saturated heterocycles. The minimum absolute atomic E-state index is 0.0805. The number of ether oxygens (including phenoxy) is 2. The molecule has 0 bridgehead atoms. The molecule has 132 valence electrons. The standard InChI is InChI=1S/C18H20FN3O2S/c1-3-20-18(25)22-21-11-13-8-6-10-16(23-2)17(13)24-12-14-7-4-5-9-15(14)19/h4-11H,3,12H2,1-2H3,(H2,20,22,25). The molecule has 0 aromatic heterocycles. The number of hydrogen-bond acceptors (Lipinski definition) is 4. The maximum atomic E-state index is 13.8. The number of para-hydroxylation sites is 1. The smallest absolute Gasteiger partial charge is 0.186 e. The van der Waals surface area contributed by atoms with Gasteiger partial charge in [-0.1, -0.05) is 24.3 Å². The van der Waals surface area contributed by atoms with Crippen LogP contribution in [0.3, 0.4) is 0 Å². The molecule has 7 heteroatoms. The molecule has 0 fully saturated rings. The third kappa shape index (κ3) is 5.42. The molecule has 0 aliphatic rings. The molecule has 0 amide bonds. The summed E-state index contributed by atoms with van der Waals surface area (Å²) < 4.78 is 24.9. The number of hydrogen-bond donors (Lipinski definition) is 2. The molecule has 0 spiro atoms. The zero-order valence-corrected chi connectivity index (χ0v) is 14.9. The Kier molecular flexibility index (Phi) is 7.16. The lowest BCUT2D eigenvalue weighted by Gasteiger charge is -2.13. The van der Waals surface area contributed by atoms with E-state index in [0.29, 0.717) is 34.3 Å². The second-order valence-electron chi connectivity index (χ2n) is 4.99. The number of halogens is 1. The molecule has 2 aromatic carbocycles. The monoisotopic (exact) mass is 361 g/mol. The normalized spacial score (nSPS) is 10.5. The molecule has 5 nitrogen and oxygen atoms in total. The van der Waals surface area contributed by atoms with Crippen LogP contribution >= 0.6 is 12.2 Å². The zero-order valence-electron chi connectivity index (χ0n) is 14.1. The Labute approximate surface area is 151 Å². The second-order valence-corrected chi connectivity index (χ2v) is 5.40. The number of hydrazone groups is 1. The molecular weight excluding hydrogens is 341 g/mol. The van der Waals surface area contributed by atoms with E-state index in [2.05, 4.69) is 15.8 Å². The first-order valence-corrected chi connectivity index (χ1v) is 8.16. The SMILES string of the molecule is CCNC(=S)NN=Cc1cccc(OC)c1OCc1ccccc1F. The topological polar surface area (TPSA) is 54.9 Å². The van der Waals surface area contributed by atoms with E-state index in [9.17, 15) is 4.39 Å². The number of nitrogens with zero attached hydrogens (tertiary/aromatic N) is 1. The molecule has 0 unspecified atom stereocenters. The van der Waals surface area contributed by atoms with Gasteiger partial charge in [0.1, 0.15) is 12.4 Å². The average molecular weight is 361 g/mol. The van der Waals surface area contributed by atoms with Crippen molar-refractivity contribution >= 4 is 23.5 Å². The summed E-state index contributed by atoms with van der Waals surface area (Å²) in [6, 6.07) is 11.9. The van der Waals surface area contributed by atoms with Crippen LogP contribution in [0, 0.1) is 5.82 Å². The number of thiocarbonyl (C=S) groups is 1. The Bertz CT molecular complexity index is 753. The van der Waals surface area contributed by atoms with Crippen molar-refractivity contribution in [2.24, 2.45) is 5.10 Å².